The molecule has 3 aromatic rings. The first kappa shape index (κ1) is 22.9. The molecule has 34 heavy (non-hydrogen) atoms. The molecule has 4 heterocycles. The number of nitrogens with zero attached hydrogens (tertiary/aromatic N) is 3. The van der Waals surface area contributed by atoms with Gasteiger partial charge in [0.05, 0.1) is 17.8 Å². The number of carbonyl (C=O) groups excluding carboxylic acids is 1. The molecule has 0 bridgehead atoms. The zero-order valence-corrected chi connectivity index (χ0v) is 20.5. The first-order valence-corrected chi connectivity index (χ1v) is 12.5. The van der Waals surface area contributed by atoms with Gasteiger partial charge < -0.3 is 14.1 Å². The summed E-state index contributed by atoms with van der Waals surface area (Å²) in [6.07, 6.45) is 5.09. The lowest BCUT2D eigenvalue weighted by atomic mass is 9.77. The summed E-state index contributed by atoms with van der Waals surface area (Å²) in [5, 5.41) is 4.48. The van der Waals surface area contributed by atoms with E-state index >= 15 is 0 Å². The fourth-order valence-electron chi connectivity index (χ4n) is 5.54. The van der Waals surface area contributed by atoms with Gasteiger partial charge in [0, 0.05) is 25.4 Å². The van der Waals surface area contributed by atoms with Crippen LogP contribution in [0.1, 0.15) is 64.5 Å². The minimum atomic E-state index is -0.0891. The second kappa shape index (κ2) is 9.41. The number of aryl methyl sites for hydroxylation is 3. The summed E-state index contributed by atoms with van der Waals surface area (Å²) in [6, 6.07) is 14.6. The van der Waals surface area contributed by atoms with Crippen LogP contribution in [-0.4, -0.2) is 45.9 Å². The molecule has 2 aliphatic rings. The molecule has 6 heteroatoms. The smallest absolute Gasteiger partial charge is 0.289 e. The van der Waals surface area contributed by atoms with Gasteiger partial charge in [-0.05, 0) is 82.6 Å². The number of ether oxygens (including phenoxy) is 1. The number of hydrogen-bond acceptors (Lipinski definition) is 4. The highest BCUT2D eigenvalue weighted by molar-refractivity contribution is 5.91. The Morgan fingerprint density at radius 3 is 2.56 bits per heavy atom. The third-order valence-electron chi connectivity index (χ3n) is 7.48. The normalized spacial score (nSPS) is 20.1. The van der Waals surface area contributed by atoms with Gasteiger partial charge in [0.25, 0.3) is 5.91 Å². The van der Waals surface area contributed by atoms with Crippen molar-refractivity contribution in [3.05, 3.63) is 76.5 Å². The molecule has 0 N–H and O–H groups in total. The number of amides is 1. The molecule has 1 atom stereocenters. The fraction of sp³-hybridized carbons (Fsp3) is 0.500. The second-order valence-electron chi connectivity index (χ2n) is 10.2. The Hall–Kier alpha value is -2.86. The van der Waals surface area contributed by atoms with Crippen LogP contribution in [0.4, 0.5) is 0 Å². The molecule has 1 aromatic carbocycles. The molecule has 5 rings (SSSR count). The van der Waals surface area contributed by atoms with Gasteiger partial charge in [-0.25, -0.2) is 0 Å². The highest BCUT2D eigenvalue weighted by atomic mass is 16.5. The summed E-state index contributed by atoms with van der Waals surface area (Å²) < 4.78 is 14.2. The lowest BCUT2D eigenvalue weighted by Gasteiger charge is -2.46. The third kappa shape index (κ3) is 4.97. The van der Waals surface area contributed by atoms with Gasteiger partial charge in [0.15, 0.2) is 5.76 Å². The Labute approximate surface area is 201 Å². The Morgan fingerprint density at radius 1 is 1.09 bits per heavy atom. The SMILES string of the molecule is Cc1ccc(CC2CCOC3(CCN(C(=O)c4ccc(Cn5nc(C)cc5C)o4)CC3)C2)cc1. The highest BCUT2D eigenvalue weighted by Crippen LogP contribution is 2.39. The van der Waals surface area contributed by atoms with E-state index in [1.54, 1.807) is 6.07 Å². The lowest BCUT2D eigenvalue weighted by Crippen LogP contribution is -2.51. The minimum absolute atomic E-state index is 0.0264. The average Bonchev–Trinajstić information content (AvgIpc) is 3.41. The molecule has 2 aliphatic heterocycles. The number of likely N-dealkylation sites (tertiary alicyclic amines) is 1. The van der Waals surface area contributed by atoms with E-state index in [1.165, 1.54) is 11.1 Å². The van der Waals surface area contributed by atoms with E-state index in [4.69, 9.17) is 9.15 Å². The first-order valence-electron chi connectivity index (χ1n) is 12.5. The summed E-state index contributed by atoms with van der Waals surface area (Å²) >= 11 is 0. The van der Waals surface area contributed by atoms with Crippen LogP contribution in [-0.2, 0) is 17.7 Å². The van der Waals surface area contributed by atoms with Gasteiger partial charge in [-0.1, -0.05) is 29.8 Å². The van der Waals surface area contributed by atoms with Crippen molar-refractivity contribution < 1.29 is 13.9 Å². The molecule has 0 aliphatic carbocycles. The molecule has 2 saturated heterocycles. The summed E-state index contributed by atoms with van der Waals surface area (Å²) in [5.74, 6) is 1.77. The molecule has 180 valence electrons. The number of carbonyl (C=O) groups is 1. The molecule has 2 fully saturated rings. The van der Waals surface area contributed by atoms with Crippen molar-refractivity contribution in [2.45, 2.75) is 65.0 Å². The quantitative estimate of drug-likeness (QED) is 0.531. The van der Waals surface area contributed by atoms with Crippen LogP contribution in [0.2, 0.25) is 0 Å². The largest absolute Gasteiger partial charge is 0.454 e. The zero-order valence-electron chi connectivity index (χ0n) is 20.5. The van der Waals surface area contributed by atoms with Crippen molar-refractivity contribution in [2.24, 2.45) is 5.92 Å². The fourth-order valence-corrected chi connectivity index (χ4v) is 5.54. The van der Waals surface area contributed by atoms with Gasteiger partial charge in [-0.2, -0.15) is 5.10 Å². The number of rotatable bonds is 5. The summed E-state index contributed by atoms with van der Waals surface area (Å²) in [4.78, 5) is 15.0. The first-order chi connectivity index (χ1) is 16.4. The Bertz CT molecular complexity index is 1140. The standard InChI is InChI=1S/C28H35N3O3/c1-20-4-6-23(7-5-20)17-24-10-15-33-28(18-24)11-13-30(14-12-28)27(32)26-9-8-25(34-26)19-31-22(3)16-21(2)29-31/h4-9,16,24H,10-15,17-19H2,1-3H3. The summed E-state index contributed by atoms with van der Waals surface area (Å²) in [7, 11) is 0. The lowest BCUT2D eigenvalue weighted by molar-refractivity contribution is -0.123. The third-order valence-corrected chi connectivity index (χ3v) is 7.48. The predicted octanol–water partition coefficient (Wildman–Crippen LogP) is 5.09. The zero-order chi connectivity index (χ0) is 23.7. The maximum absolute atomic E-state index is 13.1. The molecule has 2 aromatic heterocycles. The van der Waals surface area contributed by atoms with E-state index in [1.807, 2.05) is 35.6 Å². The molecule has 6 nitrogen and oxygen atoms in total. The van der Waals surface area contributed by atoms with Crippen LogP contribution < -0.4 is 0 Å². The maximum atomic E-state index is 13.1. The van der Waals surface area contributed by atoms with Crippen molar-refractivity contribution in [1.29, 1.82) is 0 Å². The van der Waals surface area contributed by atoms with E-state index in [9.17, 15) is 4.79 Å². The van der Waals surface area contributed by atoms with Gasteiger partial charge >= 0.3 is 0 Å². The van der Waals surface area contributed by atoms with Crippen molar-refractivity contribution in [3.63, 3.8) is 0 Å². The van der Waals surface area contributed by atoms with Crippen LogP contribution in [0.3, 0.4) is 0 Å². The van der Waals surface area contributed by atoms with Gasteiger partial charge in [0.2, 0.25) is 0 Å². The van der Waals surface area contributed by atoms with Crippen molar-refractivity contribution in [2.75, 3.05) is 19.7 Å². The van der Waals surface area contributed by atoms with E-state index in [0.29, 0.717) is 31.3 Å². The van der Waals surface area contributed by atoms with Crippen LogP contribution in [0, 0.1) is 26.7 Å². The minimum Gasteiger partial charge on any atom is -0.454 e. The van der Waals surface area contributed by atoms with Gasteiger partial charge in [-0.3, -0.25) is 9.48 Å². The maximum Gasteiger partial charge on any atom is 0.289 e. The summed E-state index contributed by atoms with van der Waals surface area (Å²) in [6.45, 7) is 8.91. The van der Waals surface area contributed by atoms with Crippen molar-refractivity contribution in [1.82, 2.24) is 14.7 Å². The Morgan fingerprint density at radius 2 is 1.85 bits per heavy atom. The van der Waals surface area contributed by atoms with Gasteiger partial charge in [-0.15, -0.1) is 0 Å². The van der Waals surface area contributed by atoms with Crippen LogP contribution in [0.25, 0.3) is 0 Å². The van der Waals surface area contributed by atoms with E-state index < -0.39 is 0 Å². The number of hydrogen-bond donors (Lipinski definition) is 0. The topological polar surface area (TPSA) is 60.5 Å². The molecular formula is C28H35N3O3. The number of furan rings is 1. The van der Waals surface area contributed by atoms with E-state index in [0.717, 1.165) is 55.9 Å². The Kier molecular flexibility index (Phi) is 6.34. The predicted molar refractivity (Wildman–Crippen MR) is 131 cm³/mol. The van der Waals surface area contributed by atoms with Crippen molar-refractivity contribution in [3.8, 4) is 0 Å². The number of aromatic nitrogens is 2. The van der Waals surface area contributed by atoms with Crippen LogP contribution >= 0.6 is 0 Å². The van der Waals surface area contributed by atoms with Crippen molar-refractivity contribution >= 4 is 5.91 Å². The highest BCUT2D eigenvalue weighted by Gasteiger charge is 2.41. The molecule has 1 unspecified atom stereocenters. The molecule has 0 radical (unpaired) electrons. The second-order valence-corrected chi connectivity index (χ2v) is 10.2. The monoisotopic (exact) mass is 461 g/mol. The van der Waals surface area contributed by atoms with E-state index in [2.05, 4.69) is 36.3 Å². The Balaban J connectivity index is 1.17. The van der Waals surface area contributed by atoms with Gasteiger partial charge in [0.1, 0.15) is 5.76 Å². The molecule has 1 spiro atoms. The molecule has 0 saturated carbocycles. The average molecular weight is 462 g/mol. The number of piperidine rings is 1. The van der Waals surface area contributed by atoms with Crippen LogP contribution in [0.5, 0.6) is 0 Å². The number of benzene rings is 1. The molecular weight excluding hydrogens is 426 g/mol. The molecule has 1 amide bonds. The van der Waals surface area contributed by atoms with E-state index in [-0.39, 0.29) is 11.5 Å². The van der Waals surface area contributed by atoms with Crippen LogP contribution in [0.15, 0.2) is 46.9 Å². The summed E-state index contributed by atoms with van der Waals surface area (Å²) in [5.41, 5.74) is 4.69.